The number of hydrogen-bond donors (Lipinski definition) is 1. The van der Waals surface area contributed by atoms with Gasteiger partial charge in [0.1, 0.15) is 12.4 Å². The van der Waals surface area contributed by atoms with E-state index in [4.69, 9.17) is 14.2 Å². The van der Waals surface area contributed by atoms with Gasteiger partial charge in [0, 0.05) is 18.9 Å². The number of amides is 1. The van der Waals surface area contributed by atoms with E-state index in [9.17, 15) is 4.79 Å². The van der Waals surface area contributed by atoms with Crippen molar-refractivity contribution in [2.75, 3.05) is 25.6 Å². The van der Waals surface area contributed by atoms with Crippen LogP contribution in [0.5, 0.6) is 11.6 Å². The molecule has 1 saturated heterocycles. The zero-order valence-electron chi connectivity index (χ0n) is 14.5. The van der Waals surface area contributed by atoms with E-state index in [0.717, 1.165) is 25.0 Å². The Morgan fingerprint density at radius 1 is 1.36 bits per heavy atom. The van der Waals surface area contributed by atoms with Gasteiger partial charge in [-0.3, -0.25) is 4.79 Å². The molecule has 0 radical (unpaired) electrons. The molecule has 1 amide bonds. The SMILES string of the molecule is COc1ccc(C)cc1NC(=O)c1ccc(OC[C@H]2CCCO2)nc1. The Morgan fingerprint density at radius 2 is 2.24 bits per heavy atom. The molecule has 132 valence electrons. The Bertz CT molecular complexity index is 725. The minimum absolute atomic E-state index is 0.138. The van der Waals surface area contributed by atoms with Crippen LogP contribution in [0.2, 0.25) is 0 Å². The highest BCUT2D eigenvalue weighted by Gasteiger charge is 2.16. The second-order valence-corrected chi connectivity index (χ2v) is 5.99. The molecular weight excluding hydrogens is 320 g/mol. The summed E-state index contributed by atoms with van der Waals surface area (Å²) in [4.78, 5) is 16.6. The minimum atomic E-state index is -0.248. The van der Waals surface area contributed by atoms with Crippen molar-refractivity contribution in [2.24, 2.45) is 0 Å². The van der Waals surface area contributed by atoms with E-state index in [1.807, 2.05) is 25.1 Å². The third-order valence-corrected chi connectivity index (χ3v) is 4.04. The van der Waals surface area contributed by atoms with Gasteiger partial charge in [-0.25, -0.2) is 4.98 Å². The molecule has 0 aliphatic carbocycles. The fraction of sp³-hybridized carbons (Fsp3) is 0.368. The van der Waals surface area contributed by atoms with Crippen molar-refractivity contribution in [2.45, 2.75) is 25.9 Å². The van der Waals surface area contributed by atoms with Crippen LogP contribution in [0.25, 0.3) is 0 Å². The monoisotopic (exact) mass is 342 g/mol. The van der Waals surface area contributed by atoms with Gasteiger partial charge in [-0.2, -0.15) is 0 Å². The first-order chi connectivity index (χ1) is 12.2. The molecule has 6 heteroatoms. The zero-order chi connectivity index (χ0) is 17.6. The number of nitrogens with zero attached hydrogens (tertiary/aromatic N) is 1. The van der Waals surface area contributed by atoms with Crippen LogP contribution in [0.4, 0.5) is 5.69 Å². The Hall–Kier alpha value is -2.60. The average molecular weight is 342 g/mol. The highest BCUT2D eigenvalue weighted by Crippen LogP contribution is 2.25. The van der Waals surface area contributed by atoms with E-state index >= 15 is 0 Å². The fourth-order valence-electron chi connectivity index (χ4n) is 2.67. The van der Waals surface area contributed by atoms with E-state index in [1.54, 1.807) is 19.2 Å². The number of ether oxygens (including phenoxy) is 3. The molecule has 1 N–H and O–H groups in total. The molecule has 1 aliphatic rings. The van der Waals surface area contributed by atoms with Crippen LogP contribution in [-0.4, -0.2) is 37.3 Å². The molecule has 1 aromatic carbocycles. The Balaban J connectivity index is 1.61. The van der Waals surface area contributed by atoms with Crippen LogP contribution >= 0.6 is 0 Å². The van der Waals surface area contributed by atoms with Gasteiger partial charge in [0.05, 0.1) is 24.5 Å². The molecule has 0 unspecified atom stereocenters. The maximum absolute atomic E-state index is 12.4. The summed E-state index contributed by atoms with van der Waals surface area (Å²) in [5, 5.41) is 2.85. The summed E-state index contributed by atoms with van der Waals surface area (Å²) in [6, 6.07) is 9.00. The zero-order valence-corrected chi connectivity index (χ0v) is 14.5. The first kappa shape index (κ1) is 17.2. The lowest BCUT2D eigenvalue weighted by Crippen LogP contribution is -2.17. The van der Waals surface area contributed by atoms with Gasteiger partial charge >= 0.3 is 0 Å². The molecule has 1 fully saturated rings. The van der Waals surface area contributed by atoms with Crippen molar-refractivity contribution < 1.29 is 19.0 Å². The first-order valence-electron chi connectivity index (χ1n) is 8.32. The smallest absolute Gasteiger partial charge is 0.257 e. The topological polar surface area (TPSA) is 69.7 Å². The maximum Gasteiger partial charge on any atom is 0.257 e. The molecule has 1 atom stereocenters. The lowest BCUT2D eigenvalue weighted by Gasteiger charge is -2.12. The molecular formula is C19H22N2O4. The van der Waals surface area contributed by atoms with Gasteiger partial charge in [0.25, 0.3) is 5.91 Å². The standard InChI is InChI=1S/C19H22N2O4/c1-13-5-7-17(23-2)16(10-13)21-19(22)14-6-8-18(20-11-14)25-12-15-4-3-9-24-15/h5-8,10-11,15H,3-4,9,12H2,1-2H3,(H,21,22)/t15-/m1/s1. The predicted molar refractivity (Wildman–Crippen MR) is 94.4 cm³/mol. The second kappa shape index (κ2) is 7.98. The molecule has 0 saturated carbocycles. The van der Waals surface area contributed by atoms with Crippen molar-refractivity contribution in [3.05, 3.63) is 47.7 Å². The second-order valence-electron chi connectivity index (χ2n) is 5.99. The fourth-order valence-corrected chi connectivity index (χ4v) is 2.67. The minimum Gasteiger partial charge on any atom is -0.495 e. The van der Waals surface area contributed by atoms with Crippen LogP contribution < -0.4 is 14.8 Å². The van der Waals surface area contributed by atoms with Gasteiger partial charge < -0.3 is 19.5 Å². The summed E-state index contributed by atoms with van der Waals surface area (Å²) in [5.74, 6) is 0.852. The number of anilines is 1. The molecule has 1 aromatic heterocycles. The van der Waals surface area contributed by atoms with Gasteiger partial charge in [-0.05, 0) is 43.5 Å². The third-order valence-electron chi connectivity index (χ3n) is 4.04. The number of aryl methyl sites for hydroxylation is 1. The van der Waals surface area contributed by atoms with Crippen LogP contribution in [0.3, 0.4) is 0 Å². The number of carbonyl (C=O) groups is 1. The van der Waals surface area contributed by atoms with Crippen molar-refractivity contribution >= 4 is 11.6 Å². The van der Waals surface area contributed by atoms with Gasteiger partial charge in [0.15, 0.2) is 0 Å². The predicted octanol–water partition coefficient (Wildman–Crippen LogP) is 3.21. The summed E-state index contributed by atoms with van der Waals surface area (Å²) in [5.41, 5.74) is 2.12. The van der Waals surface area contributed by atoms with Crippen molar-refractivity contribution in [1.29, 1.82) is 0 Å². The molecule has 0 spiro atoms. The summed E-state index contributed by atoms with van der Waals surface area (Å²) in [6.45, 7) is 3.23. The van der Waals surface area contributed by atoms with E-state index in [-0.39, 0.29) is 12.0 Å². The van der Waals surface area contributed by atoms with Crippen molar-refractivity contribution in [3.8, 4) is 11.6 Å². The maximum atomic E-state index is 12.4. The number of rotatable bonds is 6. The lowest BCUT2D eigenvalue weighted by atomic mass is 10.2. The third kappa shape index (κ3) is 4.48. The van der Waals surface area contributed by atoms with E-state index in [0.29, 0.717) is 29.5 Å². The average Bonchev–Trinajstić information content (AvgIpc) is 3.14. The molecule has 2 heterocycles. The Kier molecular flexibility index (Phi) is 5.50. The summed E-state index contributed by atoms with van der Waals surface area (Å²) < 4.78 is 16.4. The normalized spacial score (nSPS) is 16.5. The quantitative estimate of drug-likeness (QED) is 0.873. The molecule has 3 rings (SSSR count). The van der Waals surface area contributed by atoms with Crippen molar-refractivity contribution in [1.82, 2.24) is 4.98 Å². The number of methoxy groups -OCH3 is 1. The van der Waals surface area contributed by atoms with E-state index < -0.39 is 0 Å². The van der Waals surface area contributed by atoms with Crippen LogP contribution in [0.15, 0.2) is 36.5 Å². The van der Waals surface area contributed by atoms with E-state index in [1.165, 1.54) is 6.20 Å². The Labute approximate surface area is 147 Å². The molecule has 6 nitrogen and oxygen atoms in total. The number of carbonyl (C=O) groups excluding carboxylic acids is 1. The van der Waals surface area contributed by atoms with Gasteiger partial charge in [0.2, 0.25) is 5.88 Å². The highest BCUT2D eigenvalue weighted by atomic mass is 16.5. The Morgan fingerprint density at radius 3 is 2.92 bits per heavy atom. The summed E-state index contributed by atoms with van der Waals surface area (Å²) in [7, 11) is 1.57. The van der Waals surface area contributed by atoms with Crippen molar-refractivity contribution in [3.63, 3.8) is 0 Å². The lowest BCUT2D eigenvalue weighted by molar-refractivity contribution is 0.0663. The number of nitrogens with one attached hydrogen (secondary N) is 1. The number of aromatic nitrogens is 1. The van der Waals surface area contributed by atoms with Gasteiger partial charge in [-0.1, -0.05) is 6.07 Å². The number of hydrogen-bond acceptors (Lipinski definition) is 5. The molecule has 0 bridgehead atoms. The van der Waals surface area contributed by atoms with Gasteiger partial charge in [-0.15, -0.1) is 0 Å². The van der Waals surface area contributed by atoms with Crippen LogP contribution in [0, 0.1) is 6.92 Å². The summed E-state index contributed by atoms with van der Waals surface area (Å²) in [6.07, 6.45) is 3.73. The van der Waals surface area contributed by atoms with E-state index in [2.05, 4.69) is 10.3 Å². The first-order valence-corrected chi connectivity index (χ1v) is 8.32. The van der Waals surface area contributed by atoms with Crippen LogP contribution in [-0.2, 0) is 4.74 Å². The molecule has 1 aliphatic heterocycles. The largest absolute Gasteiger partial charge is 0.495 e. The highest BCUT2D eigenvalue weighted by molar-refractivity contribution is 6.04. The molecule has 25 heavy (non-hydrogen) atoms. The number of benzene rings is 1. The summed E-state index contributed by atoms with van der Waals surface area (Å²) >= 11 is 0. The number of pyridine rings is 1. The molecule has 2 aromatic rings. The van der Waals surface area contributed by atoms with Crippen LogP contribution in [0.1, 0.15) is 28.8 Å².